The van der Waals surface area contributed by atoms with E-state index in [1.165, 1.54) is 78.4 Å². The van der Waals surface area contributed by atoms with Crippen molar-refractivity contribution < 1.29 is 9.15 Å². The zero-order valence-corrected chi connectivity index (χ0v) is 30.3. The first-order chi connectivity index (χ1) is 23.2. The molecule has 0 saturated heterocycles. The third kappa shape index (κ3) is 9.88. The first-order valence-electron chi connectivity index (χ1n) is 17.7. The molecule has 3 aromatic heterocycles. The van der Waals surface area contributed by atoms with Crippen LogP contribution in [-0.2, 0) is 19.6 Å². The van der Waals surface area contributed by atoms with Crippen LogP contribution in [0.5, 0.6) is 5.75 Å². The number of benzene rings is 2. The Bertz CT molecular complexity index is 1700. The van der Waals surface area contributed by atoms with Crippen LogP contribution in [0.15, 0.2) is 76.2 Å². The molecule has 48 heavy (non-hydrogen) atoms. The molecule has 7 nitrogen and oxygen atoms in total. The van der Waals surface area contributed by atoms with Crippen LogP contribution in [0.25, 0.3) is 22.4 Å². The maximum Gasteiger partial charge on any atom is 0.313 e. The Morgan fingerprint density at radius 3 is 2.31 bits per heavy atom. The first-order valence-corrected chi connectivity index (χ1v) is 18.7. The molecule has 0 amide bonds. The van der Waals surface area contributed by atoms with Gasteiger partial charge in [0.2, 0.25) is 5.89 Å². The fourth-order valence-electron chi connectivity index (χ4n) is 6.36. The van der Waals surface area contributed by atoms with Crippen LogP contribution in [0.4, 0.5) is 6.01 Å². The second-order valence-electron chi connectivity index (χ2n) is 14.2. The maximum absolute atomic E-state index is 6.30. The molecule has 5 aromatic rings. The number of fused-ring (bicyclic) bond motifs is 1. The van der Waals surface area contributed by atoms with E-state index in [9.17, 15) is 0 Å². The fraction of sp³-hybridized carbons (Fsp3) is 0.475. The quantitative estimate of drug-likeness (QED) is 0.0734. The molecule has 0 aliphatic carbocycles. The van der Waals surface area contributed by atoms with Gasteiger partial charge in [0.05, 0.1) is 5.69 Å². The van der Waals surface area contributed by atoms with Gasteiger partial charge in [0, 0.05) is 39.8 Å². The minimum atomic E-state index is 0.0746. The molecule has 256 valence electrons. The fourth-order valence-corrected chi connectivity index (χ4v) is 7.54. The molecular formula is C40H53N5O2S. The molecule has 5 rings (SSSR count). The smallest absolute Gasteiger partial charge is 0.313 e. The number of aromatic nitrogens is 4. The van der Waals surface area contributed by atoms with Crippen molar-refractivity contribution in [2.75, 3.05) is 11.5 Å². The molecule has 0 atom stereocenters. The normalized spacial score (nSPS) is 12.0. The number of nitrogens with two attached hydrogens (primary N) is 1. The van der Waals surface area contributed by atoms with E-state index in [1.807, 2.05) is 48.3 Å². The monoisotopic (exact) mass is 667 g/mol. The number of nitrogen functional groups attached to an aromatic ring is 1. The summed E-state index contributed by atoms with van der Waals surface area (Å²) < 4.78 is 14.3. The molecule has 0 aliphatic heterocycles. The molecule has 0 unspecified atom stereocenters. The van der Waals surface area contributed by atoms with Crippen molar-refractivity contribution in [3.63, 3.8) is 0 Å². The van der Waals surface area contributed by atoms with E-state index in [2.05, 4.69) is 84.7 Å². The van der Waals surface area contributed by atoms with Crippen molar-refractivity contribution in [1.29, 1.82) is 0 Å². The number of ether oxygens (including phenoxy) is 1. The van der Waals surface area contributed by atoms with Gasteiger partial charge in [-0.05, 0) is 84.4 Å². The van der Waals surface area contributed by atoms with Gasteiger partial charge in [0.25, 0.3) is 0 Å². The van der Waals surface area contributed by atoms with Crippen LogP contribution in [0.3, 0.4) is 0 Å². The second-order valence-corrected chi connectivity index (χ2v) is 15.3. The largest absolute Gasteiger partial charge is 0.487 e. The summed E-state index contributed by atoms with van der Waals surface area (Å²) in [6.07, 6.45) is 13.3. The lowest BCUT2D eigenvalue weighted by Crippen LogP contribution is -2.15. The van der Waals surface area contributed by atoms with Gasteiger partial charge in [-0.25, -0.2) is 0 Å². The van der Waals surface area contributed by atoms with E-state index in [0.717, 1.165) is 41.6 Å². The standard InChI is InChI=1S/C40H53N5O2S/c1-6-8-13-29(14-9-7-2)15-12-24-48-37-34-25-33(46-28-32-16-10-11-23-42-32)21-22-35(34)45(36(37)26-40(3,4)5)27-30-17-19-31(20-18-30)38-43-44-39(41)47-38/h10-11,16-23,25,29H,6-9,12-15,24,26-28H2,1-5H3,(H2,41,44). The van der Waals surface area contributed by atoms with E-state index in [-0.39, 0.29) is 11.4 Å². The summed E-state index contributed by atoms with van der Waals surface area (Å²) >= 11 is 2.04. The van der Waals surface area contributed by atoms with Crippen molar-refractivity contribution in [1.82, 2.24) is 19.7 Å². The Hall–Kier alpha value is -3.78. The number of pyridine rings is 1. The van der Waals surface area contributed by atoms with Crippen molar-refractivity contribution in [3.05, 3.63) is 83.8 Å². The van der Waals surface area contributed by atoms with Crippen LogP contribution in [0, 0.1) is 11.3 Å². The van der Waals surface area contributed by atoms with Crippen molar-refractivity contribution in [2.24, 2.45) is 11.3 Å². The number of unbranched alkanes of at least 4 members (excludes halogenated alkanes) is 2. The van der Waals surface area contributed by atoms with Crippen molar-refractivity contribution in [3.8, 4) is 17.2 Å². The number of hydrogen-bond donors (Lipinski definition) is 1. The lowest BCUT2D eigenvalue weighted by molar-refractivity contribution is 0.301. The molecule has 3 heterocycles. The predicted molar refractivity (Wildman–Crippen MR) is 199 cm³/mol. The lowest BCUT2D eigenvalue weighted by Gasteiger charge is -2.22. The van der Waals surface area contributed by atoms with Gasteiger partial charge < -0.3 is 19.5 Å². The Morgan fingerprint density at radius 1 is 0.917 bits per heavy atom. The molecule has 0 saturated carbocycles. The maximum atomic E-state index is 6.30. The molecule has 0 radical (unpaired) electrons. The Labute approximate surface area is 291 Å². The van der Waals surface area contributed by atoms with Crippen LogP contribution in [0.2, 0.25) is 0 Å². The van der Waals surface area contributed by atoms with Crippen LogP contribution >= 0.6 is 11.8 Å². The summed E-state index contributed by atoms with van der Waals surface area (Å²) in [5.74, 6) is 3.27. The highest BCUT2D eigenvalue weighted by Gasteiger charge is 2.24. The zero-order chi connectivity index (χ0) is 33.9. The second kappa shape index (κ2) is 17.0. The molecule has 2 aromatic carbocycles. The average molecular weight is 668 g/mol. The summed E-state index contributed by atoms with van der Waals surface area (Å²) in [6, 6.07) is 21.0. The Balaban J connectivity index is 1.46. The van der Waals surface area contributed by atoms with Gasteiger partial charge in [-0.3, -0.25) is 4.98 Å². The summed E-state index contributed by atoms with van der Waals surface area (Å²) in [5.41, 5.74) is 11.4. The molecule has 0 aliphatic rings. The van der Waals surface area contributed by atoms with Crippen LogP contribution in [0.1, 0.15) is 103 Å². The van der Waals surface area contributed by atoms with Crippen molar-refractivity contribution >= 4 is 28.7 Å². The van der Waals surface area contributed by atoms with E-state index in [0.29, 0.717) is 12.5 Å². The minimum Gasteiger partial charge on any atom is -0.487 e. The molecule has 0 spiro atoms. The van der Waals surface area contributed by atoms with Gasteiger partial charge in [-0.1, -0.05) is 96.4 Å². The number of rotatable bonds is 18. The van der Waals surface area contributed by atoms with Crippen LogP contribution in [-0.4, -0.2) is 25.5 Å². The van der Waals surface area contributed by atoms with E-state index in [4.69, 9.17) is 14.9 Å². The first kappa shape index (κ1) is 35.5. The summed E-state index contributed by atoms with van der Waals surface area (Å²) in [5, 5.41) is 9.13. The highest BCUT2D eigenvalue weighted by Crippen LogP contribution is 2.40. The molecule has 2 N–H and O–H groups in total. The topological polar surface area (TPSA) is 92.0 Å². The lowest BCUT2D eigenvalue weighted by atomic mass is 9.90. The summed E-state index contributed by atoms with van der Waals surface area (Å²) in [4.78, 5) is 5.84. The number of thioether (sulfide) groups is 1. The summed E-state index contributed by atoms with van der Waals surface area (Å²) in [6.45, 7) is 12.8. The highest BCUT2D eigenvalue weighted by atomic mass is 32.2. The number of anilines is 1. The average Bonchev–Trinajstić information content (AvgIpc) is 3.63. The Morgan fingerprint density at radius 2 is 1.67 bits per heavy atom. The number of hydrogen-bond acceptors (Lipinski definition) is 7. The predicted octanol–water partition coefficient (Wildman–Crippen LogP) is 10.8. The van der Waals surface area contributed by atoms with Gasteiger partial charge in [-0.2, -0.15) is 0 Å². The van der Waals surface area contributed by atoms with Gasteiger partial charge >= 0.3 is 6.01 Å². The van der Waals surface area contributed by atoms with Gasteiger partial charge in [0.15, 0.2) is 0 Å². The highest BCUT2D eigenvalue weighted by molar-refractivity contribution is 7.99. The molecular weight excluding hydrogens is 615 g/mol. The van der Waals surface area contributed by atoms with E-state index < -0.39 is 0 Å². The minimum absolute atomic E-state index is 0.0746. The third-order valence-electron chi connectivity index (χ3n) is 8.82. The zero-order valence-electron chi connectivity index (χ0n) is 29.5. The van der Waals surface area contributed by atoms with Gasteiger partial charge in [0.1, 0.15) is 12.4 Å². The van der Waals surface area contributed by atoms with Gasteiger partial charge in [-0.15, -0.1) is 16.9 Å². The molecule has 0 bridgehead atoms. The molecule has 8 heteroatoms. The third-order valence-corrected chi connectivity index (χ3v) is 10.1. The number of nitrogens with zero attached hydrogens (tertiary/aromatic N) is 4. The Kier molecular flexibility index (Phi) is 12.6. The SMILES string of the molecule is CCCCC(CCCC)CCCSc1c(CC(C)(C)C)n(Cc2ccc(-c3nnc(N)o3)cc2)c2ccc(OCc3ccccn3)cc12. The van der Waals surface area contributed by atoms with E-state index >= 15 is 0 Å². The van der Waals surface area contributed by atoms with Crippen LogP contribution < -0.4 is 10.5 Å². The molecule has 0 fully saturated rings. The van der Waals surface area contributed by atoms with Crippen molar-refractivity contribution in [2.45, 2.75) is 110 Å². The van der Waals surface area contributed by atoms with E-state index in [1.54, 1.807) is 0 Å². The summed E-state index contributed by atoms with van der Waals surface area (Å²) in [7, 11) is 0.